The van der Waals surface area contributed by atoms with E-state index in [0.717, 1.165) is 10.6 Å². The number of carbonyl (C=O) groups excluding carboxylic acids is 1. The highest BCUT2D eigenvalue weighted by Crippen LogP contribution is 2.31. The fourth-order valence-electron chi connectivity index (χ4n) is 3.48. The first kappa shape index (κ1) is 30.3. The van der Waals surface area contributed by atoms with Crippen molar-refractivity contribution in [3.8, 4) is 11.3 Å². The molecule has 0 bridgehead atoms. The van der Waals surface area contributed by atoms with E-state index in [-0.39, 0.29) is 24.8 Å². The molecule has 2 aromatic rings. The minimum atomic E-state index is -3.67. The van der Waals surface area contributed by atoms with Gasteiger partial charge in [-0.05, 0) is 36.6 Å². The molecule has 0 saturated carbocycles. The van der Waals surface area contributed by atoms with E-state index in [4.69, 9.17) is 0 Å². The summed E-state index contributed by atoms with van der Waals surface area (Å²) in [6, 6.07) is 5.50. The number of benzene rings is 1. The molecule has 0 unspecified atom stereocenters. The molecule has 2 rings (SSSR count). The molecular weight excluding hydrogens is 503 g/mol. The fourth-order valence-corrected chi connectivity index (χ4v) is 3.85. The van der Waals surface area contributed by atoms with Crippen molar-refractivity contribution in [2.45, 2.75) is 58.2 Å². The number of halogens is 1. The highest BCUT2D eigenvalue weighted by Gasteiger charge is 2.22. The molecule has 1 aromatic carbocycles. The molecule has 0 fully saturated rings. The molecule has 1 aromatic heterocycles. The van der Waals surface area contributed by atoms with Crippen molar-refractivity contribution in [3.63, 3.8) is 0 Å². The first-order chi connectivity index (χ1) is 17.2. The van der Waals surface area contributed by atoms with Crippen LogP contribution in [0.4, 0.5) is 10.3 Å². The Morgan fingerprint density at radius 3 is 2.35 bits per heavy atom. The molecule has 12 heteroatoms. The van der Waals surface area contributed by atoms with Crippen LogP contribution in [0.3, 0.4) is 0 Å². The molecule has 0 saturated heterocycles. The predicted molar refractivity (Wildman–Crippen MR) is 140 cm³/mol. The van der Waals surface area contributed by atoms with Crippen LogP contribution in [-0.2, 0) is 14.8 Å². The lowest BCUT2D eigenvalue weighted by molar-refractivity contribution is -0.131. The van der Waals surface area contributed by atoms with Crippen molar-refractivity contribution in [3.05, 3.63) is 52.6 Å². The number of aliphatic hydroxyl groups is 2. The second-order valence-electron chi connectivity index (χ2n) is 9.08. The zero-order chi connectivity index (χ0) is 27.9. The van der Waals surface area contributed by atoms with E-state index in [1.807, 2.05) is 13.8 Å². The maximum absolute atomic E-state index is 13.6. The summed E-state index contributed by atoms with van der Waals surface area (Å²) in [6.45, 7) is 5.50. The summed E-state index contributed by atoms with van der Waals surface area (Å²) in [5, 5.41) is 32.6. The van der Waals surface area contributed by atoms with Gasteiger partial charge in [-0.2, -0.15) is 0 Å². The molecule has 0 aliphatic carbocycles. The van der Waals surface area contributed by atoms with Gasteiger partial charge in [0.1, 0.15) is 5.82 Å². The Kier molecular flexibility index (Phi) is 10.7. The van der Waals surface area contributed by atoms with Crippen LogP contribution < -0.4 is 4.31 Å². The third-order valence-electron chi connectivity index (χ3n) is 5.52. The van der Waals surface area contributed by atoms with E-state index in [0.29, 0.717) is 34.0 Å². The molecule has 0 spiro atoms. The maximum atomic E-state index is 13.6. The number of hydrogen-bond acceptors (Lipinski definition) is 8. The van der Waals surface area contributed by atoms with Gasteiger partial charge in [0.2, 0.25) is 21.9 Å². The summed E-state index contributed by atoms with van der Waals surface area (Å²) >= 11 is 0. The largest absolute Gasteiger partial charge is 0.756 e. The Balaban J connectivity index is 2.45. The van der Waals surface area contributed by atoms with Gasteiger partial charge in [-0.3, -0.25) is 4.79 Å². The summed E-state index contributed by atoms with van der Waals surface area (Å²) in [7, 11) is -2.34. The molecule has 10 nitrogen and oxygen atoms in total. The number of rotatable bonds is 12. The van der Waals surface area contributed by atoms with E-state index in [1.54, 1.807) is 13.0 Å². The van der Waals surface area contributed by atoms with Crippen LogP contribution in [0, 0.1) is 11.0 Å². The summed E-state index contributed by atoms with van der Waals surface area (Å²) in [6.07, 6.45) is 1.45. The van der Waals surface area contributed by atoms with Crippen LogP contribution in [0.2, 0.25) is 0 Å². The van der Waals surface area contributed by atoms with E-state index >= 15 is 0 Å². The smallest absolute Gasteiger partial charge is 0.239 e. The Morgan fingerprint density at radius 1 is 1.19 bits per heavy atom. The Morgan fingerprint density at radius 2 is 1.81 bits per heavy atom. The van der Waals surface area contributed by atoms with E-state index < -0.39 is 40.4 Å². The molecule has 1 heterocycles. The highest BCUT2D eigenvalue weighted by molar-refractivity contribution is 7.92. The first-order valence-electron chi connectivity index (χ1n) is 11.9. The normalized spacial score (nSPS) is 13.7. The van der Waals surface area contributed by atoms with Crippen molar-refractivity contribution >= 4 is 28.0 Å². The van der Waals surface area contributed by atoms with Crippen LogP contribution in [0.5, 0.6) is 0 Å². The van der Waals surface area contributed by atoms with E-state index in [1.165, 1.54) is 37.4 Å². The van der Waals surface area contributed by atoms with Crippen molar-refractivity contribution < 1.29 is 27.8 Å². The van der Waals surface area contributed by atoms with Gasteiger partial charge in [0.05, 0.1) is 36.3 Å². The van der Waals surface area contributed by atoms with E-state index in [9.17, 15) is 33.0 Å². The van der Waals surface area contributed by atoms with E-state index in [2.05, 4.69) is 9.97 Å². The number of aliphatic hydroxyl groups excluding tert-OH is 2. The van der Waals surface area contributed by atoms with Gasteiger partial charge in [0.15, 0.2) is 0 Å². The van der Waals surface area contributed by atoms with Crippen LogP contribution in [0.15, 0.2) is 30.3 Å². The van der Waals surface area contributed by atoms with Gasteiger partial charge in [0, 0.05) is 31.1 Å². The lowest BCUT2D eigenvalue weighted by Crippen LogP contribution is -2.30. The van der Waals surface area contributed by atoms with Gasteiger partial charge >= 0.3 is 0 Å². The predicted octanol–water partition coefficient (Wildman–Crippen LogP) is 3.05. The standard InChI is InChI=1S/C25H34FN4O6S/c1-6-13-30(34)22(33)15-20(32)14-19(31)11-12-21-23(16(2)3)27-25(29(4)37(5,35)36)28-24(21)17-7-9-18(26)10-8-17/h7-12,16,19-20,31-32H,6,13-15H2,1-5H3/q-1/b12-11+/t19-,20-/m1/s1. The summed E-state index contributed by atoms with van der Waals surface area (Å²) in [4.78, 5) is 20.8. The number of nitrogens with zero attached hydrogens (tertiary/aromatic N) is 4. The van der Waals surface area contributed by atoms with Crippen molar-refractivity contribution in [1.82, 2.24) is 15.0 Å². The number of sulfonamides is 1. The summed E-state index contributed by atoms with van der Waals surface area (Å²) in [5.74, 6) is -1.46. The van der Waals surface area contributed by atoms with Gasteiger partial charge in [-0.15, -0.1) is 0 Å². The van der Waals surface area contributed by atoms with Gasteiger partial charge in [0.25, 0.3) is 0 Å². The number of amides is 1. The van der Waals surface area contributed by atoms with Crippen molar-refractivity contribution in [2.24, 2.45) is 0 Å². The second-order valence-corrected chi connectivity index (χ2v) is 11.1. The Hall–Kier alpha value is -2.93. The minimum Gasteiger partial charge on any atom is -0.756 e. The lowest BCUT2D eigenvalue weighted by atomic mass is 9.97. The SMILES string of the molecule is CCCN([O-])C(=O)C[C@H](O)C[C@H](O)/C=C/c1c(-c2ccc(F)cc2)nc(N(C)S(C)(=O)=O)nc1C(C)C. The molecule has 37 heavy (non-hydrogen) atoms. The zero-order valence-electron chi connectivity index (χ0n) is 21.6. The third kappa shape index (κ3) is 8.56. The molecule has 0 aliphatic heterocycles. The number of hydrogen-bond donors (Lipinski definition) is 2. The highest BCUT2D eigenvalue weighted by atomic mass is 32.2. The molecule has 1 amide bonds. The summed E-state index contributed by atoms with van der Waals surface area (Å²) < 4.78 is 38.8. The van der Waals surface area contributed by atoms with Crippen molar-refractivity contribution in [1.29, 1.82) is 0 Å². The topological polar surface area (TPSA) is 147 Å². The molecule has 2 atom stereocenters. The fraction of sp³-hybridized carbons (Fsp3) is 0.480. The van der Waals surface area contributed by atoms with Crippen LogP contribution in [-0.4, -0.2) is 71.6 Å². The average Bonchev–Trinajstić information content (AvgIpc) is 2.81. The molecule has 0 aliphatic rings. The average molecular weight is 538 g/mol. The zero-order valence-corrected chi connectivity index (χ0v) is 22.4. The number of carbonyl (C=O) groups is 1. The lowest BCUT2D eigenvalue weighted by Gasteiger charge is -2.28. The number of anilines is 1. The van der Waals surface area contributed by atoms with Crippen LogP contribution in [0.25, 0.3) is 17.3 Å². The summed E-state index contributed by atoms with van der Waals surface area (Å²) in [5.41, 5.74) is 1.79. The first-order valence-corrected chi connectivity index (χ1v) is 13.7. The maximum Gasteiger partial charge on any atom is 0.239 e. The van der Waals surface area contributed by atoms with Gasteiger partial charge < -0.3 is 20.5 Å². The Bertz CT molecular complexity index is 1200. The Labute approximate surface area is 217 Å². The van der Waals surface area contributed by atoms with Crippen LogP contribution in [0.1, 0.15) is 57.2 Å². The minimum absolute atomic E-state index is 0.0304. The third-order valence-corrected chi connectivity index (χ3v) is 6.68. The van der Waals surface area contributed by atoms with Gasteiger partial charge in [-0.25, -0.2) is 27.1 Å². The monoisotopic (exact) mass is 537 g/mol. The van der Waals surface area contributed by atoms with Gasteiger partial charge in [-0.1, -0.05) is 32.9 Å². The molecule has 204 valence electrons. The van der Waals surface area contributed by atoms with Crippen molar-refractivity contribution in [2.75, 3.05) is 24.2 Å². The molecular formula is C25H34FN4O6S-. The number of hydroxylamine groups is 2. The molecule has 0 radical (unpaired) electrons. The van der Waals surface area contributed by atoms with Crippen LogP contribution >= 0.6 is 0 Å². The quantitative estimate of drug-likeness (QED) is 0.393. The number of aromatic nitrogens is 2. The second kappa shape index (κ2) is 13.0. The molecule has 2 N–H and O–H groups in total.